The number of pyridine rings is 1. The van der Waals surface area contributed by atoms with Crippen LogP contribution in [0.3, 0.4) is 0 Å². The van der Waals surface area contributed by atoms with Gasteiger partial charge in [0, 0.05) is 37.4 Å². The van der Waals surface area contributed by atoms with E-state index in [0.29, 0.717) is 17.9 Å². The molecule has 164 valence electrons. The Balaban J connectivity index is 1.09. The molecule has 0 radical (unpaired) electrons. The van der Waals surface area contributed by atoms with Crippen molar-refractivity contribution in [2.45, 2.75) is 30.9 Å². The Morgan fingerprint density at radius 2 is 1.81 bits per heavy atom. The number of anilines is 1. The van der Waals surface area contributed by atoms with Crippen LogP contribution in [-0.4, -0.2) is 43.2 Å². The maximum Gasteiger partial charge on any atom is 0.257 e. The van der Waals surface area contributed by atoms with Crippen LogP contribution in [0.25, 0.3) is 0 Å². The predicted molar refractivity (Wildman–Crippen MR) is 125 cm³/mol. The van der Waals surface area contributed by atoms with E-state index in [4.69, 9.17) is 9.47 Å². The highest BCUT2D eigenvalue weighted by atomic mass is 16.6. The van der Waals surface area contributed by atoms with Gasteiger partial charge in [-0.25, -0.2) is 4.98 Å². The first-order valence-corrected chi connectivity index (χ1v) is 11.6. The van der Waals surface area contributed by atoms with E-state index < -0.39 is 0 Å². The smallest absolute Gasteiger partial charge is 0.257 e. The number of rotatable bonds is 3. The summed E-state index contributed by atoms with van der Waals surface area (Å²) in [6.45, 7) is 4.96. The quantitative estimate of drug-likeness (QED) is 0.612. The van der Waals surface area contributed by atoms with Gasteiger partial charge in [-0.2, -0.15) is 0 Å². The summed E-state index contributed by atoms with van der Waals surface area (Å²) in [6.07, 6.45) is 4.08. The number of para-hydroxylation sites is 1. The molecule has 3 aromatic rings. The van der Waals surface area contributed by atoms with E-state index in [1.165, 1.54) is 24.1 Å². The summed E-state index contributed by atoms with van der Waals surface area (Å²) >= 11 is 0. The highest BCUT2D eigenvalue weighted by Crippen LogP contribution is 2.46. The van der Waals surface area contributed by atoms with E-state index in [9.17, 15) is 0 Å². The lowest BCUT2D eigenvalue weighted by Gasteiger charge is -2.40. The van der Waals surface area contributed by atoms with Crippen molar-refractivity contribution in [2.75, 3.05) is 38.2 Å². The molecular formula is C27H29N3O2. The normalized spacial score (nSPS) is 21.5. The second-order valence-electron chi connectivity index (χ2n) is 9.40. The molecule has 3 aliphatic heterocycles. The molecule has 0 saturated carbocycles. The van der Waals surface area contributed by atoms with Gasteiger partial charge in [0.1, 0.15) is 6.61 Å². The molecule has 4 heterocycles. The average molecular weight is 428 g/mol. The molecular weight excluding hydrogens is 398 g/mol. The number of aromatic nitrogens is 1. The lowest BCUT2D eigenvalue weighted by atomic mass is 9.74. The molecule has 32 heavy (non-hydrogen) atoms. The standard InChI is InChI=1S/C27H29N3O2/c1-29-19-27(22-5-2-3-6-23(22)29)12-15-30(16-13-27)17-20-8-10-21(11-9-20)25-18-31-24-7-4-14-28-26(24)32-25/h2-11,14,25H,12-13,15-19H2,1H3. The number of ether oxygens (including phenoxy) is 2. The Kier molecular flexibility index (Phi) is 4.80. The van der Waals surface area contributed by atoms with E-state index in [1.54, 1.807) is 11.8 Å². The zero-order valence-electron chi connectivity index (χ0n) is 18.5. The third kappa shape index (κ3) is 3.41. The van der Waals surface area contributed by atoms with Crippen LogP contribution in [0.15, 0.2) is 66.9 Å². The molecule has 1 atom stereocenters. The Bertz CT molecular complexity index is 1110. The van der Waals surface area contributed by atoms with Gasteiger partial charge in [0.2, 0.25) is 0 Å². The van der Waals surface area contributed by atoms with E-state index in [1.807, 2.05) is 12.1 Å². The van der Waals surface area contributed by atoms with Crippen molar-refractivity contribution >= 4 is 5.69 Å². The number of likely N-dealkylation sites (tertiary alicyclic amines) is 1. The van der Waals surface area contributed by atoms with Gasteiger partial charge in [0.15, 0.2) is 11.9 Å². The first kappa shape index (κ1) is 19.6. The summed E-state index contributed by atoms with van der Waals surface area (Å²) in [5.41, 5.74) is 5.78. The number of piperidine rings is 1. The van der Waals surface area contributed by atoms with E-state index >= 15 is 0 Å². The highest BCUT2D eigenvalue weighted by molar-refractivity contribution is 5.62. The van der Waals surface area contributed by atoms with Gasteiger partial charge in [0.05, 0.1) is 0 Å². The molecule has 1 fully saturated rings. The first-order chi connectivity index (χ1) is 15.7. The number of benzene rings is 2. The molecule has 1 spiro atoms. The van der Waals surface area contributed by atoms with Crippen molar-refractivity contribution in [1.29, 1.82) is 0 Å². The summed E-state index contributed by atoms with van der Waals surface area (Å²) < 4.78 is 11.9. The molecule has 5 nitrogen and oxygen atoms in total. The minimum atomic E-state index is -0.110. The topological polar surface area (TPSA) is 37.8 Å². The molecule has 6 rings (SSSR count). The van der Waals surface area contributed by atoms with Crippen LogP contribution in [0, 0.1) is 0 Å². The molecule has 1 unspecified atom stereocenters. The average Bonchev–Trinajstić information content (AvgIpc) is 3.12. The van der Waals surface area contributed by atoms with Gasteiger partial charge in [0.25, 0.3) is 5.88 Å². The second-order valence-corrected chi connectivity index (χ2v) is 9.40. The van der Waals surface area contributed by atoms with Crippen molar-refractivity contribution in [3.05, 3.63) is 83.6 Å². The fourth-order valence-corrected chi connectivity index (χ4v) is 5.61. The predicted octanol–water partition coefficient (Wildman–Crippen LogP) is 4.58. The van der Waals surface area contributed by atoms with E-state index in [2.05, 4.69) is 70.4 Å². The number of hydrogen-bond acceptors (Lipinski definition) is 5. The SMILES string of the molecule is CN1CC2(CCN(Cc3ccc(C4COc5cccnc5O4)cc3)CC2)c2ccccc21. The van der Waals surface area contributed by atoms with Crippen LogP contribution in [0.5, 0.6) is 11.6 Å². The second kappa shape index (κ2) is 7.82. The minimum absolute atomic E-state index is 0.110. The maximum atomic E-state index is 6.05. The van der Waals surface area contributed by atoms with Gasteiger partial charge >= 0.3 is 0 Å². The molecule has 1 saturated heterocycles. The van der Waals surface area contributed by atoms with E-state index in [-0.39, 0.29) is 6.10 Å². The number of nitrogens with zero attached hydrogens (tertiary/aromatic N) is 3. The van der Waals surface area contributed by atoms with E-state index in [0.717, 1.165) is 37.5 Å². The van der Waals surface area contributed by atoms with Gasteiger partial charge in [-0.05, 0) is 60.8 Å². The summed E-state index contributed by atoms with van der Waals surface area (Å²) in [6, 6.07) is 21.5. The molecule has 0 N–H and O–H groups in total. The zero-order chi connectivity index (χ0) is 21.5. The van der Waals surface area contributed by atoms with Crippen molar-refractivity contribution in [3.63, 3.8) is 0 Å². The molecule has 1 aromatic heterocycles. The number of fused-ring (bicyclic) bond motifs is 3. The lowest BCUT2D eigenvalue weighted by molar-refractivity contribution is 0.0850. The van der Waals surface area contributed by atoms with Crippen LogP contribution in [0.2, 0.25) is 0 Å². The third-order valence-electron chi connectivity index (χ3n) is 7.38. The van der Waals surface area contributed by atoms with Crippen molar-refractivity contribution < 1.29 is 9.47 Å². The summed E-state index contributed by atoms with van der Waals surface area (Å²) in [7, 11) is 2.23. The Hall–Kier alpha value is -3.05. The van der Waals surface area contributed by atoms with Crippen LogP contribution in [-0.2, 0) is 12.0 Å². The van der Waals surface area contributed by atoms with Crippen molar-refractivity contribution in [3.8, 4) is 11.6 Å². The summed E-state index contributed by atoms with van der Waals surface area (Å²) in [4.78, 5) is 9.32. The lowest BCUT2D eigenvalue weighted by Crippen LogP contribution is -2.44. The summed E-state index contributed by atoms with van der Waals surface area (Å²) in [5, 5.41) is 0. The molecule has 0 aliphatic carbocycles. The van der Waals surface area contributed by atoms with Gasteiger partial charge in [-0.1, -0.05) is 42.5 Å². The van der Waals surface area contributed by atoms with Crippen LogP contribution in [0.4, 0.5) is 5.69 Å². The van der Waals surface area contributed by atoms with Gasteiger partial charge < -0.3 is 14.4 Å². The van der Waals surface area contributed by atoms with Crippen molar-refractivity contribution in [1.82, 2.24) is 9.88 Å². The highest BCUT2D eigenvalue weighted by Gasteiger charge is 2.43. The Morgan fingerprint density at radius 3 is 2.66 bits per heavy atom. The van der Waals surface area contributed by atoms with Crippen LogP contribution >= 0.6 is 0 Å². The molecule has 5 heteroatoms. The zero-order valence-corrected chi connectivity index (χ0v) is 18.5. The first-order valence-electron chi connectivity index (χ1n) is 11.6. The van der Waals surface area contributed by atoms with Crippen LogP contribution in [0.1, 0.15) is 35.6 Å². The largest absolute Gasteiger partial charge is 0.484 e. The number of hydrogen-bond donors (Lipinski definition) is 0. The number of likely N-dealkylation sites (N-methyl/N-ethyl adjacent to an activating group) is 1. The molecule has 3 aliphatic rings. The minimum Gasteiger partial charge on any atom is -0.484 e. The molecule has 2 aromatic carbocycles. The Morgan fingerprint density at radius 1 is 1.00 bits per heavy atom. The molecule has 0 amide bonds. The Labute approximate surface area is 189 Å². The fraction of sp³-hybridized carbons (Fsp3) is 0.370. The fourth-order valence-electron chi connectivity index (χ4n) is 5.61. The third-order valence-corrected chi connectivity index (χ3v) is 7.38. The molecule has 0 bridgehead atoms. The van der Waals surface area contributed by atoms with Gasteiger partial charge in [-0.3, -0.25) is 4.90 Å². The summed E-state index contributed by atoms with van der Waals surface area (Å²) in [5.74, 6) is 1.30. The van der Waals surface area contributed by atoms with Crippen molar-refractivity contribution in [2.24, 2.45) is 0 Å². The van der Waals surface area contributed by atoms with Gasteiger partial charge in [-0.15, -0.1) is 0 Å². The maximum absolute atomic E-state index is 6.05. The van der Waals surface area contributed by atoms with Crippen LogP contribution < -0.4 is 14.4 Å². The monoisotopic (exact) mass is 427 g/mol.